The first kappa shape index (κ1) is 26.9. The first-order valence-electron chi connectivity index (χ1n) is 11.5. The first-order chi connectivity index (χ1) is 16.8. The van der Waals surface area contributed by atoms with Crippen LogP contribution in [0, 0.1) is 0 Å². The van der Waals surface area contributed by atoms with Gasteiger partial charge in [0.1, 0.15) is 0 Å². The van der Waals surface area contributed by atoms with Crippen molar-refractivity contribution in [2.75, 3.05) is 13.7 Å². The molecule has 3 aromatic rings. The summed E-state index contributed by atoms with van der Waals surface area (Å²) in [7, 11) is -2.26. The van der Waals surface area contributed by atoms with Gasteiger partial charge in [-0.25, -0.2) is 8.42 Å². The molecule has 35 heavy (non-hydrogen) atoms. The second-order valence-electron chi connectivity index (χ2n) is 8.37. The summed E-state index contributed by atoms with van der Waals surface area (Å²) in [6, 6.07) is 22.3. The molecule has 1 N–H and O–H groups in total. The van der Waals surface area contributed by atoms with Gasteiger partial charge in [-0.3, -0.25) is 4.79 Å². The van der Waals surface area contributed by atoms with Crippen molar-refractivity contribution in [3.05, 3.63) is 101 Å². The summed E-state index contributed by atoms with van der Waals surface area (Å²) in [5, 5.41) is 3.35. The van der Waals surface area contributed by atoms with Gasteiger partial charge in [0.15, 0.2) is 0 Å². The number of benzene rings is 3. The second kappa shape index (κ2) is 12.3. The maximum atomic E-state index is 13.8. The van der Waals surface area contributed by atoms with Gasteiger partial charge in [-0.1, -0.05) is 61.0 Å². The van der Waals surface area contributed by atoms with Gasteiger partial charge in [0, 0.05) is 30.3 Å². The minimum Gasteiger partial charge on any atom is -0.383 e. The summed E-state index contributed by atoms with van der Waals surface area (Å²) in [6.45, 7) is 4.40. The van der Waals surface area contributed by atoms with E-state index < -0.39 is 10.0 Å². The Morgan fingerprint density at radius 3 is 2.20 bits per heavy atom. The van der Waals surface area contributed by atoms with Gasteiger partial charge in [-0.2, -0.15) is 4.31 Å². The highest BCUT2D eigenvalue weighted by Crippen LogP contribution is 2.32. The molecule has 0 fully saturated rings. The SMILES string of the molecule is CCC(c1ccccc1)N(Cc1ccc(C(=O)NC(C)COC)cc1)S(=O)(=O)c1ccc(Cl)cc1. The summed E-state index contributed by atoms with van der Waals surface area (Å²) in [6.07, 6.45) is 0.592. The monoisotopic (exact) mass is 514 g/mol. The number of carbonyl (C=O) groups excluding carboxylic acids is 1. The van der Waals surface area contributed by atoms with Crippen LogP contribution >= 0.6 is 11.6 Å². The fraction of sp³-hybridized carbons (Fsp3) is 0.296. The number of sulfonamides is 1. The fourth-order valence-corrected chi connectivity index (χ4v) is 5.73. The van der Waals surface area contributed by atoms with E-state index in [1.165, 1.54) is 16.4 Å². The van der Waals surface area contributed by atoms with Gasteiger partial charge in [-0.05, 0) is 60.9 Å². The van der Waals surface area contributed by atoms with Crippen molar-refractivity contribution < 1.29 is 17.9 Å². The lowest BCUT2D eigenvalue weighted by Gasteiger charge is -2.31. The topological polar surface area (TPSA) is 75.7 Å². The molecule has 0 aliphatic heterocycles. The van der Waals surface area contributed by atoms with Crippen molar-refractivity contribution in [2.45, 2.75) is 43.8 Å². The average molecular weight is 515 g/mol. The van der Waals surface area contributed by atoms with Crippen LogP contribution in [0.3, 0.4) is 0 Å². The van der Waals surface area contributed by atoms with E-state index in [1.807, 2.05) is 44.2 Å². The van der Waals surface area contributed by atoms with E-state index >= 15 is 0 Å². The number of rotatable bonds is 11. The van der Waals surface area contributed by atoms with Crippen LogP contribution in [0.5, 0.6) is 0 Å². The number of methoxy groups -OCH3 is 1. The maximum absolute atomic E-state index is 13.8. The van der Waals surface area contributed by atoms with Gasteiger partial charge in [-0.15, -0.1) is 0 Å². The summed E-state index contributed by atoms with van der Waals surface area (Å²) < 4.78 is 34.2. The van der Waals surface area contributed by atoms with Crippen molar-refractivity contribution in [3.63, 3.8) is 0 Å². The Kier molecular flexibility index (Phi) is 9.46. The van der Waals surface area contributed by atoms with Crippen molar-refractivity contribution in [1.82, 2.24) is 9.62 Å². The number of nitrogens with one attached hydrogen (secondary N) is 1. The Labute approximate surface area is 212 Å². The van der Waals surface area contributed by atoms with Crippen LogP contribution in [0.4, 0.5) is 0 Å². The van der Waals surface area contributed by atoms with Crippen molar-refractivity contribution in [3.8, 4) is 0 Å². The number of halogens is 1. The molecule has 0 aliphatic carbocycles. The molecular formula is C27H31ClN2O4S. The van der Waals surface area contributed by atoms with E-state index in [0.29, 0.717) is 23.6 Å². The molecule has 0 bridgehead atoms. The van der Waals surface area contributed by atoms with Crippen molar-refractivity contribution >= 4 is 27.5 Å². The normalized spacial score (nSPS) is 13.4. The molecule has 0 heterocycles. The molecule has 0 radical (unpaired) electrons. The number of hydrogen-bond donors (Lipinski definition) is 1. The van der Waals surface area contributed by atoms with E-state index in [4.69, 9.17) is 16.3 Å². The molecule has 0 aliphatic rings. The smallest absolute Gasteiger partial charge is 0.251 e. The fourth-order valence-electron chi connectivity index (χ4n) is 3.93. The molecule has 6 nitrogen and oxygen atoms in total. The Balaban J connectivity index is 1.93. The first-order valence-corrected chi connectivity index (χ1v) is 13.3. The third-order valence-electron chi connectivity index (χ3n) is 5.69. The lowest BCUT2D eigenvalue weighted by Crippen LogP contribution is -2.35. The van der Waals surface area contributed by atoms with Crippen LogP contribution in [-0.4, -0.2) is 38.4 Å². The largest absolute Gasteiger partial charge is 0.383 e. The number of carbonyl (C=O) groups is 1. The summed E-state index contributed by atoms with van der Waals surface area (Å²) in [5.41, 5.74) is 2.19. The van der Waals surface area contributed by atoms with Gasteiger partial charge in [0.25, 0.3) is 5.91 Å². The molecule has 0 saturated heterocycles. The number of nitrogens with zero attached hydrogens (tertiary/aromatic N) is 1. The third-order valence-corrected chi connectivity index (χ3v) is 7.81. The van der Waals surface area contributed by atoms with Crippen LogP contribution in [0.25, 0.3) is 0 Å². The Morgan fingerprint density at radius 2 is 1.63 bits per heavy atom. The van der Waals surface area contributed by atoms with E-state index in [0.717, 1.165) is 11.1 Å². The van der Waals surface area contributed by atoms with Crippen LogP contribution < -0.4 is 5.32 Å². The van der Waals surface area contributed by atoms with Gasteiger partial charge in [0.05, 0.1) is 17.5 Å². The quantitative estimate of drug-likeness (QED) is 0.369. The lowest BCUT2D eigenvalue weighted by atomic mass is 10.0. The molecule has 2 unspecified atom stereocenters. The Hall–Kier alpha value is -2.71. The average Bonchev–Trinajstić information content (AvgIpc) is 2.85. The van der Waals surface area contributed by atoms with Crippen LogP contribution in [0.15, 0.2) is 83.8 Å². The summed E-state index contributed by atoms with van der Waals surface area (Å²) >= 11 is 6.00. The Bertz CT molecular complexity index is 1200. The molecule has 3 rings (SSSR count). The molecule has 0 aromatic heterocycles. The number of hydrogen-bond acceptors (Lipinski definition) is 4. The molecule has 2 atom stereocenters. The van der Waals surface area contributed by atoms with E-state index in [2.05, 4.69) is 5.32 Å². The van der Waals surface area contributed by atoms with E-state index in [1.54, 1.807) is 43.5 Å². The van der Waals surface area contributed by atoms with Crippen LogP contribution in [0.1, 0.15) is 47.8 Å². The predicted molar refractivity (Wildman–Crippen MR) is 139 cm³/mol. The van der Waals surface area contributed by atoms with Crippen LogP contribution in [0.2, 0.25) is 5.02 Å². The molecule has 186 valence electrons. The number of amides is 1. The zero-order chi connectivity index (χ0) is 25.4. The zero-order valence-electron chi connectivity index (χ0n) is 20.1. The highest BCUT2D eigenvalue weighted by molar-refractivity contribution is 7.89. The molecular weight excluding hydrogens is 484 g/mol. The van der Waals surface area contributed by atoms with Gasteiger partial charge < -0.3 is 10.1 Å². The third kappa shape index (κ3) is 6.92. The second-order valence-corrected chi connectivity index (χ2v) is 10.7. The predicted octanol–water partition coefficient (Wildman–Crippen LogP) is 5.45. The molecule has 3 aromatic carbocycles. The minimum atomic E-state index is -3.84. The minimum absolute atomic E-state index is 0.122. The molecule has 1 amide bonds. The lowest BCUT2D eigenvalue weighted by molar-refractivity contribution is 0.0905. The number of ether oxygens (including phenoxy) is 1. The zero-order valence-corrected chi connectivity index (χ0v) is 21.7. The molecule has 8 heteroatoms. The van der Waals surface area contributed by atoms with Gasteiger partial charge in [0.2, 0.25) is 10.0 Å². The summed E-state index contributed by atoms with van der Waals surface area (Å²) in [4.78, 5) is 12.7. The molecule has 0 spiro atoms. The highest BCUT2D eigenvalue weighted by Gasteiger charge is 2.31. The van der Waals surface area contributed by atoms with Crippen molar-refractivity contribution in [2.24, 2.45) is 0 Å². The summed E-state index contributed by atoms with van der Waals surface area (Å²) in [5.74, 6) is -0.206. The standard InChI is InChI=1S/C27H31ClN2O4S/c1-4-26(22-8-6-5-7-9-22)30(35(32,33)25-16-14-24(28)15-17-25)18-21-10-12-23(13-11-21)27(31)29-20(2)19-34-3/h5-17,20,26H,4,18-19H2,1-3H3,(H,29,31). The van der Waals surface area contributed by atoms with E-state index in [9.17, 15) is 13.2 Å². The Morgan fingerprint density at radius 1 is 1.00 bits per heavy atom. The van der Waals surface area contributed by atoms with E-state index in [-0.39, 0.29) is 29.4 Å². The van der Waals surface area contributed by atoms with Crippen LogP contribution in [-0.2, 0) is 21.3 Å². The molecule has 0 saturated carbocycles. The maximum Gasteiger partial charge on any atom is 0.251 e. The van der Waals surface area contributed by atoms with Gasteiger partial charge >= 0.3 is 0 Å². The highest BCUT2D eigenvalue weighted by atomic mass is 35.5. The van der Waals surface area contributed by atoms with Crippen molar-refractivity contribution in [1.29, 1.82) is 0 Å².